The first-order valence-corrected chi connectivity index (χ1v) is 12.6. The van der Waals surface area contributed by atoms with Crippen LogP contribution in [-0.4, -0.2) is 46.5 Å². The molecule has 9 nitrogen and oxygen atoms in total. The topological polar surface area (TPSA) is 112 Å². The largest absolute Gasteiger partial charge is 0.497 e. The Morgan fingerprint density at radius 1 is 1.00 bits per heavy atom. The molecule has 0 saturated heterocycles. The number of nitrogens with zero attached hydrogens (tertiary/aromatic N) is 2. The number of methoxy groups -OCH3 is 1. The minimum Gasteiger partial charge on any atom is -0.497 e. The Bertz CT molecular complexity index is 1400. The molecule has 4 aromatic rings. The highest BCUT2D eigenvalue weighted by Crippen LogP contribution is 2.44. The lowest BCUT2D eigenvalue weighted by Crippen LogP contribution is -2.43. The van der Waals surface area contributed by atoms with Gasteiger partial charge in [-0.15, -0.1) is 0 Å². The first-order chi connectivity index (χ1) is 19.0. The van der Waals surface area contributed by atoms with E-state index in [-0.39, 0.29) is 25.7 Å². The van der Waals surface area contributed by atoms with Crippen LogP contribution in [-0.2, 0) is 34.0 Å². The molecule has 0 radical (unpaired) electrons. The average molecular weight is 528 g/mol. The maximum Gasteiger partial charge on any atom is 0.407 e. The predicted molar refractivity (Wildman–Crippen MR) is 143 cm³/mol. The van der Waals surface area contributed by atoms with Gasteiger partial charge in [0.25, 0.3) is 0 Å². The van der Waals surface area contributed by atoms with Crippen molar-refractivity contribution in [1.82, 2.24) is 14.9 Å². The number of carbonyl (C=O) groups is 2. The number of benzene rings is 3. The minimum absolute atomic E-state index is 0.0193. The first kappa shape index (κ1) is 26.0. The zero-order valence-corrected chi connectivity index (χ0v) is 21.4. The third kappa shape index (κ3) is 5.94. The fraction of sp³-hybridized carbons (Fsp3) is 0.233. The van der Waals surface area contributed by atoms with E-state index in [1.807, 2.05) is 60.7 Å². The molecule has 5 rings (SSSR count). The number of rotatable bonds is 11. The number of aliphatic carboxylic acids is 1. The van der Waals surface area contributed by atoms with Gasteiger partial charge in [0, 0.05) is 24.2 Å². The molecule has 39 heavy (non-hydrogen) atoms. The first-order valence-electron chi connectivity index (χ1n) is 12.6. The predicted octanol–water partition coefficient (Wildman–Crippen LogP) is 4.60. The van der Waals surface area contributed by atoms with E-state index in [1.54, 1.807) is 24.2 Å². The van der Waals surface area contributed by atoms with Crippen molar-refractivity contribution in [3.63, 3.8) is 0 Å². The van der Waals surface area contributed by atoms with Gasteiger partial charge in [-0.05, 0) is 39.9 Å². The van der Waals surface area contributed by atoms with Crippen molar-refractivity contribution >= 4 is 12.1 Å². The lowest BCUT2D eigenvalue weighted by molar-refractivity contribution is -0.139. The monoisotopic (exact) mass is 527 g/mol. The van der Waals surface area contributed by atoms with Crippen molar-refractivity contribution in [3.8, 4) is 16.9 Å². The van der Waals surface area contributed by atoms with Gasteiger partial charge in [-0.2, -0.15) is 0 Å². The van der Waals surface area contributed by atoms with Crippen LogP contribution in [0.3, 0.4) is 0 Å². The zero-order chi connectivity index (χ0) is 27.2. The fourth-order valence-corrected chi connectivity index (χ4v) is 4.81. The summed E-state index contributed by atoms with van der Waals surface area (Å²) in [7, 11) is 1.61. The van der Waals surface area contributed by atoms with Gasteiger partial charge in [0.15, 0.2) is 0 Å². The van der Waals surface area contributed by atoms with Crippen molar-refractivity contribution in [2.45, 2.75) is 31.7 Å². The number of nitrogens with one attached hydrogen (secondary N) is 1. The SMILES string of the molecule is COc1ccc(COCn2cncc2C[C@@H](NC(=O)OCC2c3ccccc3-c3ccccc32)C(=O)O)cc1. The van der Waals surface area contributed by atoms with Crippen molar-refractivity contribution in [2.75, 3.05) is 13.7 Å². The van der Waals surface area contributed by atoms with E-state index in [9.17, 15) is 14.7 Å². The Kier molecular flexibility index (Phi) is 7.88. The standard InChI is InChI=1S/C30H29N3O6/c1-37-22-12-10-20(11-13-22)16-38-19-33-18-31-15-21(33)14-28(29(34)35)32-30(36)39-17-27-25-8-4-2-6-23(25)24-7-3-5-9-26(24)27/h2-13,15,18,27-28H,14,16-17,19H2,1H3,(H,32,36)(H,34,35)/t28-/m1/s1. The van der Waals surface area contributed by atoms with Gasteiger partial charge in [0.1, 0.15) is 25.1 Å². The molecule has 0 fully saturated rings. The van der Waals surface area contributed by atoms with Crippen LogP contribution in [0.5, 0.6) is 5.75 Å². The molecule has 1 heterocycles. The Balaban J connectivity index is 1.17. The van der Waals surface area contributed by atoms with Crippen molar-refractivity contribution in [1.29, 1.82) is 0 Å². The number of hydrogen-bond donors (Lipinski definition) is 2. The number of carboxylic acid groups (broad SMARTS) is 1. The molecule has 2 N–H and O–H groups in total. The summed E-state index contributed by atoms with van der Waals surface area (Å²) in [5.41, 5.74) is 5.98. The van der Waals surface area contributed by atoms with Crippen LogP contribution in [0.25, 0.3) is 11.1 Å². The number of imidazole rings is 1. The molecule has 1 amide bonds. The molecule has 1 aliphatic rings. The van der Waals surface area contributed by atoms with E-state index >= 15 is 0 Å². The molecular weight excluding hydrogens is 498 g/mol. The number of fused-ring (bicyclic) bond motifs is 3. The van der Waals surface area contributed by atoms with Gasteiger partial charge in [0.05, 0.1) is 20.0 Å². The van der Waals surface area contributed by atoms with Crippen LogP contribution >= 0.6 is 0 Å². The smallest absolute Gasteiger partial charge is 0.407 e. The van der Waals surface area contributed by atoms with Crippen LogP contribution in [0.4, 0.5) is 4.79 Å². The maximum atomic E-state index is 12.7. The van der Waals surface area contributed by atoms with Crippen LogP contribution in [0, 0.1) is 0 Å². The van der Waals surface area contributed by atoms with Gasteiger partial charge < -0.3 is 29.2 Å². The molecular formula is C30H29N3O6. The van der Waals surface area contributed by atoms with E-state index in [2.05, 4.69) is 22.4 Å². The number of carboxylic acids is 1. The Morgan fingerprint density at radius 2 is 1.67 bits per heavy atom. The summed E-state index contributed by atoms with van der Waals surface area (Å²) in [4.78, 5) is 28.8. The third-order valence-electron chi connectivity index (χ3n) is 6.80. The fourth-order valence-electron chi connectivity index (χ4n) is 4.81. The van der Waals surface area contributed by atoms with E-state index in [0.29, 0.717) is 12.3 Å². The van der Waals surface area contributed by atoms with E-state index in [4.69, 9.17) is 14.2 Å². The molecule has 200 valence electrons. The summed E-state index contributed by atoms with van der Waals surface area (Å²) < 4.78 is 18.2. The van der Waals surface area contributed by atoms with Gasteiger partial charge in [-0.1, -0.05) is 60.7 Å². The molecule has 0 saturated carbocycles. The lowest BCUT2D eigenvalue weighted by Gasteiger charge is -2.18. The summed E-state index contributed by atoms with van der Waals surface area (Å²) >= 11 is 0. The van der Waals surface area contributed by atoms with Gasteiger partial charge in [-0.3, -0.25) is 0 Å². The van der Waals surface area contributed by atoms with Crippen molar-refractivity contribution in [2.24, 2.45) is 0 Å². The highest BCUT2D eigenvalue weighted by Gasteiger charge is 2.30. The molecule has 1 aromatic heterocycles. The normalized spacial score (nSPS) is 12.8. The molecule has 0 bridgehead atoms. The van der Waals surface area contributed by atoms with Crippen LogP contribution in [0.1, 0.15) is 28.3 Å². The molecule has 1 atom stereocenters. The van der Waals surface area contributed by atoms with E-state index in [0.717, 1.165) is 33.6 Å². The lowest BCUT2D eigenvalue weighted by atomic mass is 9.98. The van der Waals surface area contributed by atoms with Crippen LogP contribution in [0.15, 0.2) is 85.3 Å². The number of alkyl carbamates (subject to hydrolysis) is 1. The van der Waals surface area contributed by atoms with E-state index < -0.39 is 18.1 Å². The maximum absolute atomic E-state index is 12.7. The Hall–Kier alpha value is -4.63. The highest BCUT2D eigenvalue weighted by molar-refractivity contribution is 5.81. The molecule has 0 unspecified atom stereocenters. The Labute approximate surface area is 226 Å². The summed E-state index contributed by atoms with van der Waals surface area (Å²) in [5, 5.41) is 12.3. The van der Waals surface area contributed by atoms with Crippen molar-refractivity contribution < 1.29 is 28.9 Å². The second-order valence-corrected chi connectivity index (χ2v) is 9.25. The number of hydrogen-bond acceptors (Lipinski definition) is 6. The minimum atomic E-state index is -1.20. The molecule has 9 heteroatoms. The summed E-state index contributed by atoms with van der Waals surface area (Å²) in [6.07, 6.45) is 2.36. The average Bonchev–Trinajstić information content (AvgIpc) is 3.53. The number of amides is 1. The summed E-state index contributed by atoms with van der Waals surface area (Å²) in [5.74, 6) is -0.523. The van der Waals surface area contributed by atoms with Crippen molar-refractivity contribution in [3.05, 3.63) is 108 Å². The molecule has 1 aliphatic carbocycles. The van der Waals surface area contributed by atoms with Crippen LogP contribution in [0.2, 0.25) is 0 Å². The highest BCUT2D eigenvalue weighted by atomic mass is 16.5. The second-order valence-electron chi connectivity index (χ2n) is 9.25. The van der Waals surface area contributed by atoms with Gasteiger partial charge in [-0.25, -0.2) is 14.6 Å². The number of ether oxygens (including phenoxy) is 3. The summed E-state index contributed by atoms with van der Waals surface area (Å²) in [6.45, 7) is 0.643. The number of carbonyl (C=O) groups excluding carboxylic acids is 1. The van der Waals surface area contributed by atoms with Gasteiger partial charge in [0.2, 0.25) is 0 Å². The van der Waals surface area contributed by atoms with Crippen LogP contribution < -0.4 is 10.1 Å². The summed E-state index contributed by atoms with van der Waals surface area (Å²) in [6, 6.07) is 22.4. The van der Waals surface area contributed by atoms with E-state index in [1.165, 1.54) is 0 Å². The third-order valence-corrected chi connectivity index (χ3v) is 6.80. The zero-order valence-electron chi connectivity index (χ0n) is 21.4. The Morgan fingerprint density at radius 3 is 2.31 bits per heavy atom. The second kappa shape index (κ2) is 11.8. The quantitative estimate of drug-likeness (QED) is 0.293. The molecule has 0 spiro atoms. The molecule has 3 aromatic carbocycles. The molecule has 0 aliphatic heterocycles. The van der Waals surface area contributed by atoms with Gasteiger partial charge >= 0.3 is 12.1 Å². The number of aromatic nitrogens is 2.